The van der Waals surface area contributed by atoms with Gasteiger partial charge >= 0.3 is 0 Å². The average Bonchev–Trinajstić information content (AvgIpc) is 3.55. The minimum atomic E-state index is -0.166. The number of likely N-dealkylation sites (N-methyl/N-ethyl adjacent to an activating group) is 1. The van der Waals surface area contributed by atoms with Gasteiger partial charge in [0.2, 0.25) is 0 Å². The zero-order valence-corrected chi connectivity index (χ0v) is 20.3. The van der Waals surface area contributed by atoms with Gasteiger partial charge in [0.1, 0.15) is 11.3 Å². The fraction of sp³-hybridized carbons (Fsp3) is 0.393. The topological polar surface area (TPSA) is 73.7 Å². The molecule has 1 aliphatic carbocycles. The van der Waals surface area contributed by atoms with Gasteiger partial charge in [-0.05, 0) is 50.1 Å². The molecule has 7 nitrogen and oxygen atoms in total. The minimum Gasteiger partial charge on any atom is -0.335 e. The SMILES string of the molecule is Cc1cc2c(cc1C(=O)N1CCN(C)C(c3ccccc3)C1)[nH]c(=O)c1cnc(C3CCCC3)n12. The predicted octanol–water partition coefficient (Wildman–Crippen LogP) is 4.27. The maximum absolute atomic E-state index is 13.7. The number of aryl methyl sites for hydroxylation is 1. The molecule has 2 fully saturated rings. The van der Waals surface area contributed by atoms with E-state index in [-0.39, 0.29) is 17.5 Å². The van der Waals surface area contributed by atoms with Gasteiger partial charge in [0, 0.05) is 31.1 Å². The van der Waals surface area contributed by atoms with Crippen molar-refractivity contribution in [3.05, 3.63) is 81.5 Å². The molecule has 0 radical (unpaired) electrons. The molecule has 3 heterocycles. The highest BCUT2D eigenvalue weighted by Gasteiger charge is 2.30. The summed E-state index contributed by atoms with van der Waals surface area (Å²) in [4.78, 5) is 38.5. The lowest BCUT2D eigenvalue weighted by Crippen LogP contribution is -2.49. The Bertz CT molecular complexity index is 1470. The summed E-state index contributed by atoms with van der Waals surface area (Å²) >= 11 is 0. The number of carbonyl (C=O) groups is 1. The first kappa shape index (κ1) is 22.0. The van der Waals surface area contributed by atoms with Gasteiger partial charge in [0.25, 0.3) is 11.5 Å². The predicted molar refractivity (Wildman–Crippen MR) is 137 cm³/mol. The summed E-state index contributed by atoms with van der Waals surface area (Å²) in [6.07, 6.45) is 6.30. The van der Waals surface area contributed by atoms with E-state index in [0.29, 0.717) is 35.6 Å². The van der Waals surface area contributed by atoms with Crippen molar-refractivity contribution in [1.82, 2.24) is 24.2 Å². The van der Waals surface area contributed by atoms with Crippen LogP contribution in [0.1, 0.15) is 65.0 Å². The van der Waals surface area contributed by atoms with Crippen LogP contribution in [0.5, 0.6) is 0 Å². The molecule has 1 amide bonds. The van der Waals surface area contributed by atoms with Crippen molar-refractivity contribution in [3.63, 3.8) is 0 Å². The number of piperazine rings is 1. The van der Waals surface area contributed by atoms with E-state index in [1.165, 1.54) is 18.4 Å². The summed E-state index contributed by atoms with van der Waals surface area (Å²) in [6, 6.07) is 14.4. The minimum absolute atomic E-state index is 0.0148. The first-order valence-corrected chi connectivity index (χ1v) is 12.6. The molecule has 2 aromatic heterocycles. The number of amides is 1. The third kappa shape index (κ3) is 3.74. The maximum atomic E-state index is 13.7. The molecule has 7 heteroatoms. The number of benzene rings is 2. The van der Waals surface area contributed by atoms with Crippen LogP contribution in [0.15, 0.2) is 53.5 Å². The van der Waals surface area contributed by atoms with Crippen LogP contribution in [0.2, 0.25) is 0 Å². The molecule has 2 aromatic carbocycles. The second-order valence-electron chi connectivity index (χ2n) is 10.1. The average molecular weight is 470 g/mol. The Labute approximate surface area is 204 Å². The van der Waals surface area contributed by atoms with Crippen molar-refractivity contribution in [3.8, 4) is 0 Å². The number of hydrogen-bond donors (Lipinski definition) is 1. The second-order valence-corrected chi connectivity index (χ2v) is 10.1. The number of nitrogens with one attached hydrogen (secondary N) is 1. The molecule has 2 aliphatic rings. The number of carbonyl (C=O) groups excluding carboxylic acids is 1. The monoisotopic (exact) mass is 469 g/mol. The highest BCUT2D eigenvalue weighted by atomic mass is 16.2. The molecule has 4 aromatic rings. The molecule has 6 rings (SSSR count). The van der Waals surface area contributed by atoms with E-state index in [4.69, 9.17) is 0 Å². The smallest absolute Gasteiger partial charge is 0.274 e. The van der Waals surface area contributed by atoms with Crippen molar-refractivity contribution in [1.29, 1.82) is 0 Å². The van der Waals surface area contributed by atoms with Crippen LogP contribution >= 0.6 is 0 Å². The lowest BCUT2D eigenvalue weighted by atomic mass is 10.0. The zero-order chi connectivity index (χ0) is 24.1. The van der Waals surface area contributed by atoms with Gasteiger partial charge in [0.15, 0.2) is 0 Å². The van der Waals surface area contributed by atoms with Crippen molar-refractivity contribution < 1.29 is 4.79 Å². The standard InChI is InChI=1S/C28H31N5O2/c1-18-14-23-22(30-27(34)24-16-29-26(33(23)24)20-10-6-7-11-20)15-21(18)28(35)32-13-12-31(2)25(17-32)19-8-4-3-5-9-19/h3-5,8-9,14-16,20,25H,6-7,10-13,17H2,1-2H3,(H,30,34). The summed E-state index contributed by atoms with van der Waals surface area (Å²) in [6.45, 7) is 4.12. The van der Waals surface area contributed by atoms with Gasteiger partial charge in [-0.2, -0.15) is 0 Å². The van der Waals surface area contributed by atoms with Gasteiger partial charge in [-0.3, -0.25) is 18.9 Å². The van der Waals surface area contributed by atoms with Crippen LogP contribution in [0, 0.1) is 6.92 Å². The highest BCUT2D eigenvalue weighted by molar-refractivity contribution is 5.99. The molecule has 0 spiro atoms. The Balaban J connectivity index is 1.39. The lowest BCUT2D eigenvalue weighted by Gasteiger charge is -2.40. The van der Waals surface area contributed by atoms with E-state index in [2.05, 4.69) is 34.0 Å². The Hall–Kier alpha value is -3.45. The van der Waals surface area contributed by atoms with Crippen LogP contribution in [-0.4, -0.2) is 56.8 Å². The number of rotatable bonds is 3. The normalized spacial score (nSPS) is 19.7. The summed E-state index contributed by atoms with van der Waals surface area (Å²) in [7, 11) is 2.11. The summed E-state index contributed by atoms with van der Waals surface area (Å²) in [5.74, 6) is 1.36. The summed E-state index contributed by atoms with van der Waals surface area (Å²) < 4.78 is 2.02. The Kier molecular flexibility index (Phi) is 5.44. The van der Waals surface area contributed by atoms with Crippen molar-refractivity contribution in [2.45, 2.75) is 44.6 Å². The molecule has 1 aliphatic heterocycles. The number of hydrogen-bond acceptors (Lipinski definition) is 4. The number of H-pyrrole nitrogens is 1. The van der Waals surface area contributed by atoms with Gasteiger partial charge < -0.3 is 9.88 Å². The third-order valence-corrected chi connectivity index (χ3v) is 7.92. The molecule has 1 atom stereocenters. The van der Waals surface area contributed by atoms with Crippen molar-refractivity contribution in [2.75, 3.05) is 26.7 Å². The first-order valence-electron chi connectivity index (χ1n) is 12.6. The number of aromatic nitrogens is 3. The van der Waals surface area contributed by atoms with Crippen LogP contribution < -0.4 is 5.56 Å². The molecule has 1 unspecified atom stereocenters. The first-order chi connectivity index (χ1) is 17.0. The lowest BCUT2D eigenvalue weighted by molar-refractivity contribution is 0.0545. The molecule has 0 bridgehead atoms. The third-order valence-electron chi connectivity index (χ3n) is 7.92. The fourth-order valence-corrected chi connectivity index (χ4v) is 5.91. The van der Waals surface area contributed by atoms with Crippen molar-refractivity contribution >= 4 is 22.5 Å². The maximum Gasteiger partial charge on any atom is 0.274 e. The molecule has 1 saturated carbocycles. The largest absolute Gasteiger partial charge is 0.335 e. The van der Waals surface area contributed by atoms with E-state index in [9.17, 15) is 9.59 Å². The van der Waals surface area contributed by atoms with Crippen LogP contribution in [0.25, 0.3) is 16.6 Å². The Morgan fingerprint density at radius 1 is 1.06 bits per heavy atom. The van der Waals surface area contributed by atoms with E-state index < -0.39 is 0 Å². The fourth-order valence-electron chi connectivity index (χ4n) is 5.91. The number of imidazole rings is 1. The Morgan fingerprint density at radius 3 is 2.60 bits per heavy atom. The molecule has 180 valence electrons. The van der Waals surface area contributed by atoms with Gasteiger partial charge in [-0.1, -0.05) is 43.2 Å². The van der Waals surface area contributed by atoms with Crippen LogP contribution in [-0.2, 0) is 0 Å². The van der Waals surface area contributed by atoms with E-state index in [1.54, 1.807) is 6.20 Å². The summed E-state index contributed by atoms with van der Waals surface area (Å²) in [5, 5.41) is 0. The highest BCUT2D eigenvalue weighted by Crippen LogP contribution is 2.34. The number of fused-ring (bicyclic) bond motifs is 3. The summed E-state index contributed by atoms with van der Waals surface area (Å²) in [5.41, 5.74) is 4.77. The molecule has 1 saturated heterocycles. The van der Waals surface area contributed by atoms with Gasteiger partial charge in [0.05, 0.1) is 23.3 Å². The van der Waals surface area contributed by atoms with Crippen molar-refractivity contribution in [2.24, 2.45) is 0 Å². The number of aromatic amines is 1. The van der Waals surface area contributed by atoms with Crippen LogP contribution in [0.3, 0.4) is 0 Å². The quantitative estimate of drug-likeness (QED) is 0.486. The molecular formula is C28H31N5O2. The molecule has 35 heavy (non-hydrogen) atoms. The van der Waals surface area contributed by atoms with E-state index >= 15 is 0 Å². The van der Waals surface area contributed by atoms with E-state index in [0.717, 1.165) is 36.3 Å². The van der Waals surface area contributed by atoms with Gasteiger partial charge in [-0.15, -0.1) is 0 Å². The Morgan fingerprint density at radius 2 is 1.83 bits per heavy atom. The number of nitrogens with zero attached hydrogens (tertiary/aromatic N) is 4. The van der Waals surface area contributed by atoms with E-state index in [1.807, 2.05) is 46.6 Å². The zero-order valence-electron chi connectivity index (χ0n) is 20.3. The molecular weight excluding hydrogens is 438 g/mol. The van der Waals surface area contributed by atoms with Crippen LogP contribution in [0.4, 0.5) is 0 Å². The van der Waals surface area contributed by atoms with Gasteiger partial charge in [-0.25, -0.2) is 4.98 Å². The molecule has 1 N–H and O–H groups in total. The second kappa shape index (κ2) is 8.64.